The van der Waals surface area contributed by atoms with E-state index in [1.807, 2.05) is 0 Å². The van der Waals surface area contributed by atoms with Gasteiger partial charge in [0.15, 0.2) is 5.69 Å². The third-order valence-corrected chi connectivity index (χ3v) is 4.94. The summed E-state index contributed by atoms with van der Waals surface area (Å²) in [5.41, 5.74) is -0.935. The van der Waals surface area contributed by atoms with Crippen molar-refractivity contribution in [2.24, 2.45) is 0 Å². The highest BCUT2D eigenvalue weighted by molar-refractivity contribution is 7.13. The number of fused-ring (bicyclic) bond motifs is 1. The molecule has 0 bridgehead atoms. The zero-order valence-corrected chi connectivity index (χ0v) is 15.6. The molecule has 0 fully saturated rings. The molecule has 0 atom stereocenters. The van der Waals surface area contributed by atoms with Gasteiger partial charge in [0, 0.05) is 5.69 Å². The summed E-state index contributed by atoms with van der Waals surface area (Å²) >= 11 is 6.86. The Hall–Kier alpha value is -3.05. The van der Waals surface area contributed by atoms with Gasteiger partial charge in [-0.3, -0.25) is 4.79 Å². The number of benzene rings is 1. The molecule has 6 nitrogen and oxygen atoms in total. The highest BCUT2D eigenvalue weighted by Crippen LogP contribution is 2.33. The van der Waals surface area contributed by atoms with Crippen LogP contribution < -0.4 is 5.32 Å². The first kappa shape index (κ1) is 19.3. The van der Waals surface area contributed by atoms with Crippen LogP contribution in [0.2, 0.25) is 5.02 Å². The van der Waals surface area contributed by atoms with E-state index in [-0.39, 0.29) is 22.2 Å². The lowest BCUT2D eigenvalue weighted by molar-refractivity contribution is -0.142. The van der Waals surface area contributed by atoms with E-state index >= 15 is 0 Å². The molecule has 29 heavy (non-hydrogen) atoms. The van der Waals surface area contributed by atoms with Gasteiger partial charge in [-0.05, 0) is 35.7 Å². The Kier molecular flexibility index (Phi) is 4.71. The van der Waals surface area contributed by atoms with Crippen LogP contribution in [-0.2, 0) is 6.18 Å². The van der Waals surface area contributed by atoms with Crippen molar-refractivity contribution in [1.82, 2.24) is 19.6 Å². The molecule has 0 radical (unpaired) electrons. The number of alkyl halides is 3. The largest absolute Gasteiger partial charge is 0.433 e. The number of thiophene rings is 1. The Bertz CT molecular complexity index is 1220. The van der Waals surface area contributed by atoms with Crippen molar-refractivity contribution in [2.75, 3.05) is 5.32 Å². The van der Waals surface area contributed by atoms with Gasteiger partial charge in [-0.1, -0.05) is 17.7 Å². The number of hydrogen-bond donors (Lipinski definition) is 1. The van der Waals surface area contributed by atoms with Crippen molar-refractivity contribution in [2.45, 2.75) is 6.18 Å². The first-order valence-corrected chi connectivity index (χ1v) is 9.13. The molecule has 1 aromatic carbocycles. The van der Waals surface area contributed by atoms with E-state index in [1.54, 1.807) is 17.5 Å². The fraction of sp³-hybridized carbons (Fsp3) is 0.0588. The van der Waals surface area contributed by atoms with Gasteiger partial charge in [0.05, 0.1) is 15.6 Å². The Morgan fingerprint density at radius 3 is 2.62 bits per heavy atom. The summed E-state index contributed by atoms with van der Waals surface area (Å²) in [7, 11) is 0. The standard InChI is InChI=1S/C17H8ClF4N5OS/c18-9-6-8(3-4-10(9)19)23-15(28)14-25-16-24-11(12-2-1-5-29-12)7-13(17(20,21)22)27(16)26-14/h1-7H,(H,23,28). The van der Waals surface area contributed by atoms with Crippen LogP contribution in [0, 0.1) is 5.82 Å². The summed E-state index contributed by atoms with van der Waals surface area (Å²) in [6, 6.07) is 7.56. The maximum Gasteiger partial charge on any atom is 0.433 e. The maximum absolute atomic E-state index is 13.5. The summed E-state index contributed by atoms with van der Waals surface area (Å²) in [5.74, 6) is -2.50. The monoisotopic (exact) mass is 441 g/mol. The van der Waals surface area contributed by atoms with Crippen LogP contribution in [-0.4, -0.2) is 25.5 Å². The second-order valence-corrected chi connectivity index (χ2v) is 7.09. The molecular formula is C17H8ClF4N5OS. The molecule has 1 N–H and O–H groups in total. The minimum absolute atomic E-state index is 0.0597. The van der Waals surface area contributed by atoms with Crippen molar-refractivity contribution in [1.29, 1.82) is 0 Å². The third kappa shape index (κ3) is 3.78. The van der Waals surface area contributed by atoms with Crippen LogP contribution in [0.3, 0.4) is 0 Å². The molecule has 0 saturated heterocycles. The summed E-state index contributed by atoms with van der Waals surface area (Å²) < 4.78 is 54.2. The molecule has 0 unspecified atom stereocenters. The van der Waals surface area contributed by atoms with Gasteiger partial charge in [0.2, 0.25) is 5.82 Å². The van der Waals surface area contributed by atoms with Gasteiger partial charge in [-0.25, -0.2) is 9.37 Å². The highest BCUT2D eigenvalue weighted by atomic mass is 35.5. The molecule has 12 heteroatoms. The summed E-state index contributed by atoms with van der Waals surface area (Å²) in [4.78, 5) is 20.8. The molecule has 4 rings (SSSR count). The van der Waals surface area contributed by atoms with E-state index in [2.05, 4.69) is 20.4 Å². The first-order valence-electron chi connectivity index (χ1n) is 7.87. The van der Waals surface area contributed by atoms with Crippen LogP contribution in [0.1, 0.15) is 16.3 Å². The molecule has 1 amide bonds. The van der Waals surface area contributed by atoms with Gasteiger partial charge < -0.3 is 5.32 Å². The molecule has 0 saturated carbocycles. The minimum Gasteiger partial charge on any atom is -0.319 e. The van der Waals surface area contributed by atoms with E-state index in [1.165, 1.54) is 17.4 Å². The van der Waals surface area contributed by atoms with Crippen LogP contribution >= 0.6 is 22.9 Å². The summed E-state index contributed by atoms with van der Waals surface area (Å²) in [6.07, 6.45) is -4.75. The van der Waals surface area contributed by atoms with Crippen molar-refractivity contribution < 1.29 is 22.4 Å². The van der Waals surface area contributed by atoms with Gasteiger partial charge in [-0.2, -0.15) is 22.7 Å². The summed E-state index contributed by atoms with van der Waals surface area (Å²) in [6.45, 7) is 0. The summed E-state index contributed by atoms with van der Waals surface area (Å²) in [5, 5.41) is 7.47. The van der Waals surface area contributed by atoms with Crippen LogP contribution in [0.4, 0.5) is 23.2 Å². The molecule has 0 aliphatic carbocycles. The molecule has 4 aromatic rings. The SMILES string of the molecule is O=C(Nc1ccc(F)c(Cl)c1)c1nc2nc(-c3cccs3)cc(C(F)(F)F)n2n1. The number of rotatable bonds is 3. The average Bonchev–Trinajstić information content (AvgIpc) is 3.32. The molecule has 148 valence electrons. The number of aromatic nitrogens is 4. The second-order valence-electron chi connectivity index (χ2n) is 5.73. The average molecular weight is 442 g/mol. The number of amides is 1. The van der Waals surface area contributed by atoms with Crippen molar-refractivity contribution in [3.63, 3.8) is 0 Å². The second kappa shape index (κ2) is 7.08. The van der Waals surface area contributed by atoms with E-state index in [9.17, 15) is 22.4 Å². The number of hydrogen-bond acceptors (Lipinski definition) is 5. The number of carbonyl (C=O) groups excluding carboxylic acids is 1. The molecule has 3 aromatic heterocycles. The first-order chi connectivity index (χ1) is 13.7. The number of nitrogens with zero attached hydrogens (tertiary/aromatic N) is 4. The maximum atomic E-state index is 13.5. The number of nitrogens with one attached hydrogen (secondary N) is 1. The van der Waals surface area contributed by atoms with E-state index in [0.29, 0.717) is 9.39 Å². The van der Waals surface area contributed by atoms with Crippen molar-refractivity contribution in [3.05, 3.63) is 64.1 Å². The van der Waals surface area contributed by atoms with E-state index in [4.69, 9.17) is 11.6 Å². The fourth-order valence-corrected chi connectivity index (χ4v) is 3.34. The lowest BCUT2D eigenvalue weighted by atomic mass is 10.3. The van der Waals surface area contributed by atoms with Crippen molar-refractivity contribution >= 4 is 40.3 Å². The smallest absolute Gasteiger partial charge is 0.319 e. The molecule has 0 spiro atoms. The Labute approximate surface area is 168 Å². The molecule has 0 aliphatic heterocycles. The Balaban J connectivity index is 1.76. The lowest BCUT2D eigenvalue weighted by Crippen LogP contribution is -2.16. The number of carbonyl (C=O) groups is 1. The lowest BCUT2D eigenvalue weighted by Gasteiger charge is -2.09. The van der Waals surface area contributed by atoms with Crippen LogP contribution in [0.25, 0.3) is 16.3 Å². The van der Waals surface area contributed by atoms with Gasteiger partial charge in [0.1, 0.15) is 5.82 Å². The zero-order valence-electron chi connectivity index (χ0n) is 14.0. The quantitative estimate of drug-likeness (QED) is 0.458. The third-order valence-electron chi connectivity index (χ3n) is 3.76. The predicted octanol–water partition coefficient (Wildman–Crippen LogP) is 4.92. The van der Waals surface area contributed by atoms with Gasteiger partial charge >= 0.3 is 6.18 Å². The van der Waals surface area contributed by atoms with Crippen LogP contribution in [0.5, 0.6) is 0 Å². The van der Waals surface area contributed by atoms with E-state index < -0.39 is 29.4 Å². The Morgan fingerprint density at radius 1 is 1.17 bits per heavy atom. The number of halogens is 5. The topological polar surface area (TPSA) is 72.2 Å². The van der Waals surface area contributed by atoms with Gasteiger partial charge in [-0.15, -0.1) is 16.4 Å². The van der Waals surface area contributed by atoms with Crippen molar-refractivity contribution in [3.8, 4) is 10.6 Å². The molecule has 3 heterocycles. The normalized spacial score (nSPS) is 11.8. The fourth-order valence-electron chi connectivity index (χ4n) is 2.48. The minimum atomic E-state index is -4.75. The number of anilines is 1. The van der Waals surface area contributed by atoms with Crippen LogP contribution in [0.15, 0.2) is 41.8 Å². The zero-order chi connectivity index (χ0) is 20.8. The molecular weight excluding hydrogens is 434 g/mol. The molecule has 0 aliphatic rings. The highest BCUT2D eigenvalue weighted by Gasteiger charge is 2.36. The van der Waals surface area contributed by atoms with E-state index in [0.717, 1.165) is 18.2 Å². The Morgan fingerprint density at radius 2 is 1.97 bits per heavy atom. The predicted molar refractivity (Wildman–Crippen MR) is 98.5 cm³/mol. The van der Waals surface area contributed by atoms with Gasteiger partial charge in [0.25, 0.3) is 11.7 Å².